The highest BCUT2D eigenvalue weighted by Gasteiger charge is 2.27. The number of aromatic nitrogens is 17. The van der Waals surface area contributed by atoms with Gasteiger partial charge in [-0.05, 0) is 102 Å². The number of amides is 3. The zero-order chi connectivity index (χ0) is 81.5. The Labute approximate surface area is 679 Å². The smallest absolute Gasteiger partial charge is 0.272 e. The highest BCUT2D eigenvalue weighted by atomic mass is 16.2. The molecule has 0 aliphatic heterocycles. The van der Waals surface area contributed by atoms with Gasteiger partial charge in [-0.1, -0.05) is 163 Å². The van der Waals surface area contributed by atoms with E-state index in [1.807, 2.05) is 245 Å². The van der Waals surface area contributed by atoms with Gasteiger partial charge in [0.1, 0.15) is 11.9 Å². The molecule has 23 heteroatoms. The summed E-state index contributed by atoms with van der Waals surface area (Å²) in [4.78, 5) is 78.1. The number of para-hydroxylation sites is 3. The number of carbonyl (C=O) groups is 3. The standard InChI is InChI=1S/C33H26N6O.2C31H25N7O/c1-21(37-33(40)29-22(2)35-19-27-13-8-16-34-32(27)29)28-17-26-12-7-11-25(15-14-23-18-36-39(3)20-23)30(26)38-31(28)24-9-5-4-6-10-24;1-20(35-31(39)30-21(2)34-27-13-8-16-32-38(27)30)26-17-25-12-7-11-24(15-14-22-18-33-37(3)19-22)28(25)36-29(26)23-9-5-4-6-10-23;1-20(35-31(39)27-21(2)33-19-38-15-14-32-30(27)38)26-16-25-11-7-10-24(13-12-22-17-34-37(3)18-22)28(25)36-29(26)23-8-5-4-6-9-23/h4-13,16-21H,1-3H3,(H,37,40);4-13,16-20H,1-3H3,(H,35,39);4-11,14-20H,1-3H3,(H,35,39). The van der Waals surface area contributed by atoms with Crippen LogP contribution >= 0.6 is 0 Å². The van der Waals surface area contributed by atoms with Crippen molar-refractivity contribution in [2.45, 2.75) is 59.7 Å². The van der Waals surface area contributed by atoms with E-state index in [-0.39, 0.29) is 35.8 Å². The zero-order valence-electron chi connectivity index (χ0n) is 65.9. The van der Waals surface area contributed by atoms with Gasteiger partial charge in [0, 0.05) is 126 Å². The van der Waals surface area contributed by atoms with Gasteiger partial charge in [0.05, 0.1) is 132 Å². The quantitative estimate of drug-likeness (QED) is 0.0960. The fourth-order valence-electron chi connectivity index (χ4n) is 14.2. The number of nitrogens with one attached hydrogen (secondary N) is 3. The predicted octanol–water partition coefficient (Wildman–Crippen LogP) is 15.5. The van der Waals surface area contributed by atoms with Gasteiger partial charge in [-0.3, -0.25) is 42.8 Å². The highest BCUT2D eigenvalue weighted by molar-refractivity contribution is 6.06. The SMILES string of the molecule is Cc1nc2cccnn2c1C(=O)NC(C)c1cc2cccc(C#Cc3cnn(C)c3)c2nc1-c1ccccc1.Cc1ncc2cccnc2c1C(=O)NC(C)c1cc2cccc(C#Cc3cnn(C)c3)c2nc1-c1ccccc1.Cc1ncn2ccnc2c1C(=O)NC(C)c1cc2cccc(C#Cc3cnn(C)c3)c2nc1-c1ccccc1. The van der Waals surface area contributed by atoms with Gasteiger partial charge in [0.25, 0.3) is 17.7 Å². The molecule has 12 aromatic heterocycles. The fraction of sp³-hybridized carbons (Fsp3) is 0.126. The number of fused-ring (bicyclic) bond motifs is 6. The van der Waals surface area contributed by atoms with E-state index >= 15 is 0 Å². The lowest BCUT2D eigenvalue weighted by atomic mass is 9.97. The average molecular weight is 1550 g/mol. The lowest BCUT2D eigenvalue weighted by molar-refractivity contribution is 0.0925. The van der Waals surface area contributed by atoms with Crippen LogP contribution < -0.4 is 16.0 Å². The Hall–Kier alpha value is -15.9. The minimum absolute atomic E-state index is 0.225. The van der Waals surface area contributed by atoms with Crippen molar-refractivity contribution in [2.24, 2.45) is 21.1 Å². The molecular formula is C95H76N20O3. The van der Waals surface area contributed by atoms with Crippen LogP contribution in [0, 0.1) is 56.3 Å². The molecule has 0 bridgehead atoms. The Morgan fingerprint density at radius 2 is 0.797 bits per heavy atom. The van der Waals surface area contributed by atoms with Crippen molar-refractivity contribution < 1.29 is 14.4 Å². The number of hydrogen-bond donors (Lipinski definition) is 3. The maximum atomic E-state index is 13.6. The summed E-state index contributed by atoms with van der Waals surface area (Å²) in [5.41, 5.74) is 20.4. The van der Waals surface area contributed by atoms with Crippen LogP contribution in [-0.4, -0.2) is 101 Å². The highest BCUT2D eigenvalue weighted by Crippen LogP contribution is 2.36. The molecule has 18 rings (SSSR count). The summed E-state index contributed by atoms with van der Waals surface area (Å²) in [5.74, 6) is 18.7. The van der Waals surface area contributed by atoms with Crippen LogP contribution in [0.1, 0.15) is 137 Å². The molecule has 0 saturated heterocycles. The molecule has 118 heavy (non-hydrogen) atoms. The van der Waals surface area contributed by atoms with E-state index < -0.39 is 0 Å². The normalized spacial score (nSPS) is 11.7. The molecule has 0 saturated carbocycles. The van der Waals surface area contributed by atoms with Crippen molar-refractivity contribution in [3.63, 3.8) is 0 Å². The summed E-state index contributed by atoms with van der Waals surface area (Å²) in [6, 6.07) is 60.5. The summed E-state index contributed by atoms with van der Waals surface area (Å²) < 4.78 is 8.50. The summed E-state index contributed by atoms with van der Waals surface area (Å²) in [5, 5.41) is 30.1. The molecule has 0 aliphatic rings. The Kier molecular flexibility index (Phi) is 21.5. The first-order valence-corrected chi connectivity index (χ1v) is 38.1. The zero-order valence-corrected chi connectivity index (χ0v) is 65.9. The van der Waals surface area contributed by atoms with Crippen molar-refractivity contribution in [2.75, 3.05) is 0 Å². The summed E-state index contributed by atoms with van der Waals surface area (Å²) in [6.45, 7) is 11.4. The van der Waals surface area contributed by atoms with Gasteiger partial charge in [-0.25, -0.2) is 34.4 Å². The van der Waals surface area contributed by atoms with Gasteiger partial charge in [-0.2, -0.15) is 20.4 Å². The van der Waals surface area contributed by atoms with Crippen molar-refractivity contribution in [3.05, 3.63) is 347 Å². The molecular weight excluding hydrogens is 1470 g/mol. The topological polar surface area (TPSA) is 266 Å². The number of hydrogen-bond acceptors (Lipinski definition) is 15. The Morgan fingerprint density at radius 3 is 1.25 bits per heavy atom. The van der Waals surface area contributed by atoms with Crippen LogP contribution in [0.25, 0.3) is 88.7 Å². The van der Waals surface area contributed by atoms with Gasteiger partial charge in [-0.15, -0.1) is 0 Å². The number of nitrogens with zero attached hydrogens (tertiary/aromatic N) is 17. The molecule has 12 heterocycles. The Balaban J connectivity index is 0.000000132. The third-order valence-electron chi connectivity index (χ3n) is 20.1. The third kappa shape index (κ3) is 16.2. The molecule has 0 aliphatic carbocycles. The monoisotopic (exact) mass is 1540 g/mol. The molecule has 23 nitrogen and oxygen atoms in total. The number of rotatable bonds is 12. The van der Waals surface area contributed by atoms with Crippen molar-refractivity contribution in [1.82, 2.24) is 99.2 Å². The second kappa shape index (κ2) is 33.4. The number of aryl methyl sites for hydroxylation is 6. The second-order valence-electron chi connectivity index (χ2n) is 28.4. The number of carbonyl (C=O) groups excluding carboxylic acids is 3. The Bertz CT molecular complexity index is 7110. The van der Waals surface area contributed by atoms with E-state index in [0.717, 1.165) is 122 Å². The van der Waals surface area contributed by atoms with E-state index in [0.29, 0.717) is 50.7 Å². The fourth-order valence-corrected chi connectivity index (χ4v) is 14.2. The van der Waals surface area contributed by atoms with Gasteiger partial charge < -0.3 is 16.0 Å². The van der Waals surface area contributed by atoms with Crippen molar-refractivity contribution in [1.29, 1.82) is 0 Å². The van der Waals surface area contributed by atoms with Crippen LogP contribution in [0.5, 0.6) is 0 Å². The Morgan fingerprint density at radius 1 is 0.373 bits per heavy atom. The summed E-state index contributed by atoms with van der Waals surface area (Å²) in [6.07, 6.45) is 21.0. The molecule has 0 spiro atoms. The van der Waals surface area contributed by atoms with Crippen LogP contribution in [0.4, 0.5) is 0 Å². The van der Waals surface area contributed by atoms with Gasteiger partial charge in [0.2, 0.25) is 0 Å². The van der Waals surface area contributed by atoms with Crippen LogP contribution in [0.15, 0.2) is 263 Å². The number of pyridine rings is 5. The predicted molar refractivity (Wildman–Crippen MR) is 456 cm³/mol. The minimum atomic E-state index is -0.344. The molecule has 3 N–H and O–H groups in total. The third-order valence-corrected chi connectivity index (χ3v) is 20.1. The second-order valence-corrected chi connectivity index (χ2v) is 28.4. The van der Waals surface area contributed by atoms with Gasteiger partial charge >= 0.3 is 0 Å². The van der Waals surface area contributed by atoms with Gasteiger partial charge in [0.15, 0.2) is 17.0 Å². The van der Waals surface area contributed by atoms with E-state index in [2.05, 4.69) is 115 Å². The summed E-state index contributed by atoms with van der Waals surface area (Å²) >= 11 is 0. The average Bonchev–Trinajstić information content (AvgIpc) is 0.993. The van der Waals surface area contributed by atoms with E-state index in [1.54, 1.807) is 84.9 Å². The molecule has 0 radical (unpaired) electrons. The molecule has 3 amide bonds. The van der Waals surface area contributed by atoms with Crippen LogP contribution in [0.3, 0.4) is 0 Å². The molecule has 18 aromatic rings. The largest absolute Gasteiger partial charge is 0.345 e. The molecule has 3 atom stereocenters. The maximum absolute atomic E-state index is 13.6. The van der Waals surface area contributed by atoms with Crippen molar-refractivity contribution >= 4 is 72.6 Å². The number of imidazole rings is 2. The van der Waals surface area contributed by atoms with E-state index in [4.69, 9.17) is 15.0 Å². The van der Waals surface area contributed by atoms with Crippen LogP contribution in [0.2, 0.25) is 0 Å². The lowest BCUT2D eigenvalue weighted by Gasteiger charge is -2.20. The van der Waals surface area contributed by atoms with E-state index in [1.165, 1.54) is 0 Å². The summed E-state index contributed by atoms with van der Waals surface area (Å²) in [7, 11) is 5.60. The first kappa shape index (κ1) is 76.1. The first-order valence-electron chi connectivity index (χ1n) is 38.1. The molecule has 574 valence electrons. The first-order chi connectivity index (χ1) is 57.4. The number of benzene rings is 6. The molecule has 3 unspecified atom stereocenters. The maximum Gasteiger partial charge on any atom is 0.272 e. The molecule has 6 aromatic carbocycles. The van der Waals surface area contributed by atoms with Crippen molar-refractivity contribution in [3.8, 4) is 69.3 Å². The van der Waals surface area contributed by atoms with Crippen LogP contribution in [-0.2, 0) is 21.1 Å². The molecule has 0 fully saturated rings. The van der Waals surface area contributed by atoms with E-state index in [9.17, 15) is 14.4 Å². The minimum Gasteiger partial charge on any atom is -0.345 e. The lowest BCUT2D eigenvalue weighted by Crippen LogP contribution is -2.29.